The molecule has 4 aliphatic heterocycles. The summed E-state index contributed by atoms with van der Waals surface area (Å²) in [6.45, 7) is 6.00. The zero-order chi connectivity index (χ0) is 32.7. The van der Waals surface area contributed by atoms with Crippen molar-refractivity contribution in [3.8, 4) is 24.0 Å². The number of fused-ring (bicyclic) bond motifs is 4. The van der Waals surface area contributed by atoms with E-state index in [0.717, 1.165) is 45.7 Å². The summed E-state index contributed by atoms with van der Waals surface area (Å²) < 4.78 is 28.8. The van der Waals surface area contributed by atoms with Crippen molar-refractivity contribution in [1.82, 2.24) is 29.7 Å². The Hall–Kier alpha value is -4.80. The minimum atomic E-state index is -0.523. The van der Waals surface area contributed by atoms with Gasteiger partial charge in [0.25, 0.3) is 0 Å². The van der Waals surface area contributed by atoms with Gasteiger partial charge in [-0.15, -0.1) is 6.42 Å². The average Bonchev–Trinajstić information content (AvgIpc) is 3.55. The molecular formula is C35H34FN7O5. The van der Waals surface area contributed by atoms with Crippen molar-refractivity contribution < 1.29 is 28.6 Å². The maximum absolute atomic E-state index is 14.8. The number of phenolic OH excluding ortho intramolecular Hbond substituents is 1. The van der Waals surface area contributed by atoms with Crippen LogP contribution in [-0.2, 0) is 20.9 Å². The van der Waals surface area contributed by atoms with Crippen LogP contribution < -0.4 is 15.0 Å². The number of nitrogens with one attached hydrogen (secondary N) is 1. The summed E-state index contributed by atoms with van der Waals surface area (Å²) in [4.78, 5) is 43.7. The molecule has 4 aromatic rings. The van der Waals surface area contributed by atoms with Crippen LogP contribution in [0.25, 0.3) is 21.9 Å². The smallest absolute Gasteiger partial charge is 0.247 e. The second kappa shape index (κ2) is 10.9. The molecule has 246 valence electrons. The van der Waals surface area contributed by atoms with Crippen LogP contribution in [0.2, 0.25) is 0 Å². The summed E-state index contributed by atoms with van der Waals surface area (Å²) in [7, 11) is 0. The predicted molar refractivity (Wildman–Crippen MR) is 172 cm³/mol. The Morgan fingerprint density at radius 2 is 1.83 bits per heavy atom. The molecule has 4 atom stereocenters. The first kappa shape index (κ1) is 29.3. The molecular weight excluding hydrogens is 617 g/mol. The summed E-state index contributed by atoms with van der Waals surface area (Å²) in [6.07, 6.45) is 9.48. The van der Waals surface area contributed by atoms with Crippen molar-refractivity contribution in [2.24, 2.45) is 29.1 Å². The molecule has 0 spiro atoms. The predicted octanol–water partition coefficient (Wildman–Crippen LogP) is 2.30. The lowest BCUT2D eigenvalue weighted by Crippen LogP contribution is -2.33. The van der Waals surface area contributed by atoms with Gasteiger partial charge in [-0.1, -0.05) is 12.0 Å². The Morgan fingerprint density at radius 3 is 2.54 bits per heavy atom. The van der Waals surface area contributed by atoms with E-state index in [1.165, 1.54) is 6.07 Å². The number of imide groups is 1. The second-order valence-electron chi connectivity index (χ2n) is 14.2. The molecule has 0 radical (unpaired) electrons. The molecule has 13 heteroatoms. The largest absolute Gasteiger partial charge is 0.508 e. The monoisotopic (exact) mass is 651 g/mol. The lowest BCUT2D eigenvalue weighted by Gasteiger charge is -2.24. The quantitative estimate of drug-likeness (QED) is 0.216. The highest BCUT2D eigenvalue weighted by Crippen LogP contribution is 2.48. The van der Waals surface area contributed by atoms with Crippen molar-refractivity contribution in [2.45, 2.75) is 19.4 Å². The van der Waals surface area contributed by atoms with Crippen LogP contribution in [0.1, 0.15) is 24.0 Å². The summed E-state index contributed by atoms with van der Waals surface area (Å²) in [5.74, 6) is 2.35. The van der Waals surface area contributed by atoms with Crippen LogP contribution in [0.15, 0.2) is 30.6 Å². The number of benzene rings is 2. The van der Waals surface area contributed by atoms with Gasteiger partial charge in [-0.05, 0) is 42.0 Å². The van der Waals surface area contributed by atoms with E-state index in [1.807, 2.05) is 4.90 Å². The maximum atomic E-state index is 14.8. The molecule has 2 N–H and O–H groups in total. The second-order valence-corrected chi connectivity index (χ2v) is 14.2. The Balaban J connectivity index is 1.06. The summed E-state index contributed by atoms with van der Waals surface area (Å²) >= 11 is 0. The van der Waals surface area contributed by atoms with Gasteiger partial charge in [-0.25, -0.2) is 9.37 Å². The lowest BCUT2D eigenvalue weighted by molar-refractivity contribution is -0.126. The number of amides is 2. The standard InChI is InChI=1S/C35H34FN7O5/c1-2-24-27(36)4-3-19-7-23(44)8-20(28(19)24)11-43-18-37-29-30(43)38-34(42-12-25-26(13-42)32(46)39-31(25)45)40-33(29)48-17-35(5-6-35)16-41-9-21-14-47-15-22(21)10-41/h1,3-4,7-8,18,21-22,25-26,44H,5-6,9-17H2,(H,39,45,46)/t21-,22+,25-,26+. The first-order valence-corrected chi connectivity index (χ1v) is 16.4. The highest BCUT2D eigenvalue weighted by molar-refractivity contribution is 6.06. The fourth-order valence-electron chi connectivity index (χ4n) is 8.17. The van der Waals surface area contributed by atoms with Crippen molar-refractivity contribution in [3.63, 3.8) is 0 Å². The summed E-state index contributed by atoms with van der Waals surface area (Å²) in [6, 6.07) is 6.00. The fourth-order valence-corrected chi connectivity index (χ4v) is 8.17. The maximum Gasteiger partial charge on any atom is 0.247 e. The molecule has 2 aromatic heterocycles. The van der Waals surface area contributed by atoms with Crippen LogP contribution in [0, 0.1) is 47.2 Å². The van der Waals surface area contributed by atoms with Gasteiger partial charge in [0.2, 0.25) is 23.6 Å². The molecule has 5 aliphatic rings. The first-order valence-electron chi connectivity index (χ1n) is 16.4. The Bertz CT molecular complexity index is 2020. The van der Waals surface area contributed by atoms with E-state index < -0.39 is 17.7 Å². The van der Waals surface area contributed by atoms with Gasteiger partial charge in [0.05, 0.1) is 50.1 Å². The van der Waals surface area contributed by atoms with Gasteiger partial charge in [0, 0.05) is 55.4 Å². The molecule has 2 amide bonds. The number of imidazole rings is 1. The zero-order valence-electron chi connectivity index (χ0n) is 26.2. The van der Waals surface area contributed by atoms with E-state index in [4.69, 9.17) is 25.9 Å². The van der Waals surface area contributed by atoms with Gasteiger partial charge < -0.3 is 28.9 Å². The number of aromatic hydroxyl groups is 1. The van der Waals surface area contributed by atoms with E-state index in [1.54, 1.807) is 29.1 Å². The molecule has 5 fully saturated rings. The van der Waals surface area contributed by atoms with E-state index in [0.29, 0.717) is 70.9 Å². The van der Waals surface area contributed by atoms with Crippen molar-refractivity contribution >= 4 is 39.7 Å². The minimum absolute atomic E-state index is 0.0197. The van der Waals surface area contributed by atoms with Crippen molar-refractivity contribution in [3.05, 3.63) is 47.5 Å². The number of hydrogen-bond donors (Lipinski definition) is 2. The van der Waals surface area contributed by atoms with Crippen molar-refractivity contribution in [2.75, 3.05) is 57.4 Å². The number of phenols is 1. The number of carbonyl (C=O) groups excluding carboxylic acids is 2. The molecule has 6 heterocycles. The molecule has 1 saturated carbocycles. The zero-order valence-corrected chi connectivity index (χ0v) is 26.2. The number of ether oxygens (including phenoxy) is 2. The Kier molecular flexibility index (Phi) is 6.64. The molecule has 0 bridgehead atoms. The fraction of sp³-hybridized carbons (Fsp3) is 0.457. The van der Waals surface area contributed by atoms with Gasteiger partial charge in [0.15, 0.2) is 11.2 Å². The van der Waals surface area contributed by atoms with Gasteiger partial charge in [-0.2, -0.15) is 9.97 Å². The number of rotatable bonds is 8. The van der Waals surface area contributed by atoms with E-state index >= 15 is 0 Å². The third-order valence-electron chi connectivity index (χ3n) is 10.9. The normalized spacial score (nSPS) is 25.9. The third-order valence-corrected chi connectivity index (χ3v) is 10.9. The molecule has 12 nitrogen and oxygen atoms in total. The van der Waals surface area contributed by atoms with E-state index in [9.17, 15) is 19.1 Å². The number of halogens is 1. The molecule has 4 saturated heterocycles. The first-order chi connectivity index (χ1) is 23.3. The van der Waals surface area contributed by atoms with Crippen molar-refractivity contribution in [1.29, 1.82) is 0 Å². The number of terminal acetylenes is 1. The van der Waals surface area contributed by atoms with Crippen LogP contribution >= 0.6 is 0 Å². The number of carbonyl (C=O) groups is 2. The number of anilines is 1. The molecule has 9 rings (SSSR count). The average molecular weight is 652 g/mol. The molecule has 1 aliphatic carbocycles. The molecule has 0 unspecified atom stereocenters. The van der Waals surface area contributed by atoms with Crippen LogP contribution in [0.4, 0.5) is 10.3 Å². The van der Waals surface area contributed by atoms with E-state index in [-0.39, 0.29) is 35.1 Å². The lowest BCUT2D eigenvalue weighted by atomic mass is 9.98. The summed E-state index contributed by atoms with van der Waals surface area (Å²) in [5.41, 5.74) is 1.67. The SMILES string of the molecule is C#Cc1c(F)ccc2cc(O)cc(Cn3cnc4c(OCC5(CN6C[C@H]7COC[C@H]7C6)CC5)nc(N5C[C@@H]6C(=O)NC(=O)[C@@H]6C5)nc43)c12. The third kappa shape index (κ3) is 4.85. The number of aromatic nitrogens is 4. The molecule has 48 heavy (non-hydrogen) atoms. The molecule has 2 aromatic carbocycles. The topological polar surface area (TPSA) is 135 Å². The number of likely N-dealkylation sites (tertiary alicyclic amines) is 1. The minimum Gasteiger partial charge on any atom is -0.508 e. The van der Waals surface area contributed by atoms with Gasteiger partial charge in [-0.3, -0.25) is 14.9 Å². The Labute approximate surface area is 275 Å². The summed E-state index contributed by atoms with van der Waals surface area (Å²) in [5, 5.41) is 14.1. The van der Waals surface area contributed by atoms with Gasteiger partial charge in [0.1, 0.15) is 11.6 Å². The highest BCUT2D eigenvalue weighted by Gasteiger charge is 2.50. The number of hydrogen-bond acceptors (Lipinski definition) is 10. The highest BCUT2D eigenvalue weighted by atomic mass is 19.1. The van der Waals surface area contributed by atoms with Crippen LogP contribution in [0.3, 0.4) is 0 Å². The van der Waals surface area contributed by atoms with Crippen LogP contribution in [0.5, 0.6) is 11.6 Å². The van der Waals surface area contributed by atoms with E-state index in [2.05, 4.69) is 21.1 Å². The van der Waals surface area contributed by atoms with Gasteiger partial charge >= 0.3 is 0 Å². The Morgan fingerprint density at radius 1 is 1.08 bits per heavy atom. The van der Waals surface area contributed by atoms with Crippen LogP contribution in [-0.4, -0.2) is 93.9 Å². The number of nitrogens with zero attached hydrogens (tertiary/aromatic N) is 6.